The van der Waals surface area contributed by atoms with Crippen molar-refractivity contribution >= 4 is 23.0 Å². The van der Waals surface area contributed by atoms with Crippen LogP contribution in [0.2, 0.25) is 0 Å². The number of aromatic amines is 1. The van der Waals surface area contributed by atoms with Gasteiger partial charge in [-0.15, -0.1) is 5.10 Å². The lowest BCUT2D eigenvalue weighted by Crippen LogP contribution is -2.51. The second-order valence-corrected chi connectivity index (χ2v) is 8.52. The number of aromatic nitrogens is 5. The van der Waals surface area contributed by atoms with Gasteiger partial charge < -0.3 is 16.0 Å². The molecule has 0 fully saturated rings. The molecule has 1 amide bonds. The first-order chi connectivity index (χ1) is 15.7. The van der Waals surface area contributed by atoms with E-state index in [-0.39, 0.29) is 17.3 Å². The molecule has 0 saturated carbocycles. The maximum Gasteiger partial charge on any atom is 0.253 e. The van der Waals surface area contributed by atoms with E-state index in [9.17, 15) is 14.4 Å². The van der Waals surface area contributed by atoms with Gasteiger partial charge in [-0.2, -0.15) is 0 Å². The summed E-state index contributed by atoms with van der Waals surface area (Å²) in [7, 11) is 0. The molecule has 1 atom stereocenters. The van der Waals surface area contributed by atoms with Crippen molar-refractivity contribution in [3.8, 4) is 11.4 Å². The number of hydrogen-bond donors (Lipinski definition) is 4. The summed E-state index contributed by atoms with van der Waals surface area (Å²) in [5.74, 6) is 0.0715. The number of carbonyl (C=O) groups excluding carboxylic acids is 1. The predicted octanol–water partition coefficient (Wildman–Crippen LogP) is 1.82. The van der Waals surface area contributed by atoms with Crippen LogP contribution in [0, 0.1) is 5.41 Å². The third-order valence-electron chi connectivity index (χ3n) is 5.01. The minimum Gasteiger partial charge on any atom is -0.360 e. The second kappa shape index (κ2) is 8.61. The van der Waals surface area contributed by atoms with Crippen molar-refractivity contribution in [1.82, 2.24) is 30.9 Å². The molecule has 0 aliphatic rings. The van der Waals surface area contributed by atoms with E-state index in [2.05, 4.69) is 41.6 Å². The molecule has 0 aliphatic carbocycles. The van der Waals surface area contributed by atoms with Crippen LogP contribution < -0.4 is 26.8 Å². The number of H-pyrrole nitrogens is 1. The summed E-state index contributed by atoms with van der Waals surface area (Å²) in [6, 6.07) is 10.3. The van der Waals surface area contributed by atoms with Gasteiger partial charge in [0.15, 0.2) is 5.82 Å². The number of nitrogens with zero attached hydrogens (tertiary/aromatic N) is 4. The number of anilines is 3. The number of rotatable bonds is 7. The monoisotopic (exact) mass is 446 g/mol. The van der Waals surface area contributed by atoms with Gasteiger partial charge in [0.05, 0.1) is 11.9 Å². The minimum atomic E-state index is -0.654. The largest absolute Gasteiger partial charge is 0.360 e. The average molecular weight is 446 g/mol. The Kier molecular flexibility index (Phi) is 5.69. The number of amides is 1. The molecule has 2 aromatic carbocycles. The molecule has 1 unspecified atom stereocenters. The van der Waals surface area contributed by atoms with Crippen molar-refractivity contribution in [3.05, 3.63) is 74.8 Å². The number of pyridine rings is 1. The van der Waals surface area contributed by atoms with Crippen LogP contribution in [0.15, 0.2) is 58.4 Å². The van der Waals surface area contributed by atoms with E-state index >= 15 is 0 Å². The number of carbonyl (C=O) groups is 1. The van der Waals surface area contributed by atoms with E-state index in [0.717, 1.165) is 0 Å². The Balaban J connectivity index is 1.56. The predicted molar refractivity (Wildman–Crippen MR) is 123 cm³/mol. The molecule has 0 spiro atoms. The lowest BCUT2D eigenvalue weighted by Gasteiger charge is -2.33. The normalized spacial score (nSPS) is 12.3. The second-order valence-electron chi connectivity index (χ2n) is 8.52. The van der Waals surface area contributed by atoms with E-state index in [1.807, 2.05) is 20.8 Å². The summed E-state index contributed by atoms with van der Waals surface area (Å²) in [5, 5.41) is 22.5. The lowest BCUT2D eigenvalue weighted by molar-refractivity contribution is 0.0913. The lowest BCUT2D eigenvalue weighted by atomic mass is 9.91. The Labute approximate surface area is 188 Å². The summed E-state index contributed by atoms with van der Waals surface area (Å²) in [6.07, 6.45) is 2.49. The third-order valence-corrected chi connectivity index (χ3v) is 5.01. The molecule has 11 nitrogen and oxygen atoms in total. The molecule has 0 bridgehead atoms. The number of hydrogen-bond acceptors (Lipinski definition) is 9. The van der Waals surface area contributed by atoms with Gasteiger partial charge in [-0.25, -0.2) is 5.10 Å². The maximum atomic E-state index is 13.0. The Bertz CT molecular complexity index is 1340. The summed E-state index contributed by atoms with van der Waals surface area (Å²) in [5.41, 5.74) is 0.0907. The number of nitrogens with one attached hydrogen (secondary N) is 4. The zero-order chi connectivity index (χ0) is 23.6. The van der Waals surface area contributed by atoms with Gasteiger partial charge in [0.2, 0.25) is 0 Å². The first-order valence-corrected chi connectivity index (χ1v) is 10.2. The molecular formula is C22H22N8O3. The van der Waals surface area contributed by atoms with Crippen LogP contribution in [0.25, 0.3) is 11.4 Å². The smallest absolute Gasteiger partial charge is 0.253 e. The highest BCUT2D eigenvalue weighted by atomic mass is 16.2. The van der Waals surface area contributed by atoms with Crippen molar-refractivity contribution in [1.29, 1.82) is 0 Å². The highest BCUT2D eigenvalue weighted by Crippen LogP contribution is 2.26. The van der Waals surface area contributed by atoms with E-state index in [1.165, 1.54) is 0 Å². The summed E-state index contributed by atoms with van der Waals surface area (Å²) < 4.78 is 0. The average Bonchev–Trinajstić information content (AvgIpc) is 3.35. The first kappa shape index (κ1) is 21.8. The fourth-order valence-electron chi connectivity index (χ4n) is 3.15. The molecule has 2 heterocycles. The van der Waals surface area contributed by atoms with E-state index in [1.54, 1.807) is 48.8 Å². The van der Waals surface area contributed by atoms with Gasteiger partial charge >= 0.3 is 0 Å². The highest BCUT2D eigenvalue weighted by molar-refractivity contribution is 5.95. The number of tetrazole rings is 1. The van der Waals surface area contributed by atoms with Crippen LogP contribution in [0.3, 0.4) is 0 Å². The Morgan fingerprint density at radius 3 is 2.52 bits per heavy atom. The fourth-order valence-corrected chi connectivity index (χ4v) is 3.15. The summed E-state index contributed by atoms with van der Waals surface area (Å²) in [6.45, 7) is 5.71. The topological polar surface area (TPSA) is 155 Å². The van der Waals surface area contributed by atoms with Gasteiger partial charge in [-0.1, -0.05) is 32.9 Å². The zero-order valence-corrected chi connectivity index (χ0v) is 18.2. The van der Waals surface area contributed by atoms with Crippen LogP contribution in [-0.4, -0.2) is 37.7 Å². The molecular weight excluding hydrogens is 424 g/mol. The van der Waals surface area contributed by atoms with Crippen LogP contribution in [0.4, 0.5) is 17.1 Å². The van der Waals surface area contributed by atoms with E-state index in [4.69, 9.17) is 0 Å². The van der Waals surface area contributed by atoms with Gasteiger partial charge in [-0.05, 0) is 34.7 Å². The molecule has 33 heavy (non-hydrogen) atoms. The molecule has 0 saturated heterocycles. The zero-order valence-electron chi connectivity index (χ0n) is 18.2. The van der Waals surface area contributed by atoms with Gasteiger partial charge in [0, 0.05) is 22.7 Å². The van der Waals surface area contributed by atoms with Crippen molar-refractivity contribution in [2.24, 2.45) is 5.41 Å². The molecule has 0 aliphatic heterocycles. The van der Waals surface area contributed by atoms with E-state index in [0.29, 0.717) is 22.6 Å². The molecule has 4 N–H and O–H groups in total. The fraction of sp³-hybridized carbons (Fsp3) is 0.227. The van der Waals surface area contributed by atoms with Crippen molar-refractivity contribution < 1.29 is 4.79 Å². The SMILES string of the molecule is CC(C)(C)C(NC(=O)c1cccc(-c2nnn[nH]2)c1)Nc1c(Nc2cccnc2)c(=O)c1=O. The van der Waals surface area contributed by atoms with Crippen molar-refractivity contribution in [2.45, 2.75) is 26.9 Å². The molecule has 168 valence electrons. The molecule has 11 heteroatoms. The Hall–Kier alpha value is -4.41. The summed E-state index contributed by atoms with van der Waals surface area (Å²) >= 11 is 0. The van der Waals surface area contributed by atoms with Crippen LogP contribution >= 0.6 is 0 Å². The third kappa shape index (κ3) is 4.61. The van der Waals surface area contributed by atoms with E-state index < -0.39 is 22.4 Å². The minimum absolute atomic E-state index is 0.116. The van der Waals surface area contributed by atoms with Crippen LogP contribution in [-0.2, 0) is 0 Å². The van der Waals surface area contributed by atoms with Gasteiger partial charge in [-0.3, -0.25) is 19.4 Å². The van der Waals surface area contributed by atoms with Gasteiger partial charge in [0.1, 0.15) is 17.5 Å². The van der Waals surface area contributed by atoms with Crippen molar-refractivity contribution in [3.63, 3.8) is 0 Å². The maximum absolute atomic E-state index is 13.0. The quantitative estimate of drug-likeness (QED) is 0.246. The van der Waals surface area contributed by atoms with Gasteiger partial charge in [0.25, 0.3) is 16.8 Å². The number of benzene rings is 1. The van der Waals surface area contributed by atoms with Crippen LogP contribution in [0.5, 0.6) is 0 Å². The molecule has 0 radical (unpaired) electrons. The Morgan fingerprint density at radius 1 is 1.06 bits per heavy atom. The molecule has 4 aromatic rings. The van der Waals surface area contributed by atoms with Crippen molar-refractivity contribution in [2.75, 3.05) is 10.6 Å². The Morgan fingerprint density at radius 2 is 1.85 bits per heavy atom. The standard InChI is InChI=1S/C22H22N8O3/c1-22(2,3)21(25-16-15(17(31)18(16)32)24-14-8-5-9-23-11-14)26-20(33)13-7-4-6-12(10-13)19-27-29-30-28-19/h4-11,21,24-25H,1-3H3,(H,26,33)(H,27,28,29,30). The highest BCUT2D eigenvalue weighted by Gasteiger charge is 2.31. The van der Waals surface area contributed by atoms with Crippen LogP contribution in [0.1, 0.15) is 31.1 Å². The molecule has 2 aromatic heterocycles. The first-order valence-electron chi connectivity index (χ1n) is 10.2. The summed E-state index contributed by atoms with van der Waals surface area (Å²) in [4.78, 5) is 41.5. The molecule has 4 rings (SSSR count).